The largest absolute Gasteiger partial charge is 0.507 e. The molecule has 3 aromatic rings. The number of hydrogen-bond acceptors (Lipinski definition) is 4. The summed E-state index contributed by atoms with van der Waals surface area (Å²) in [6, 6.07) is 11.6. The Bertz CT molecular complexity index is 1390. The summed E-state index contributed by atoms with van der Waals surface area (Å²) >= 11 is 6.24. The highest BCUT2D eigenvalue weighted by molar-refractivity contribution is 6.52. The summed E-state index contributed by atoms with van der Waals surface area (Å²) in [7, 11) is 0. The summed E-state index contributed by atoms with van der Waals surface area (Å²) in [6.45, 7) is 2.02. The van der Waals surface area contributed by atoms with Crippen LogP contribution in [0.4, 0.5) is 23.2 Å². The molecule has 4 rings (SSSR count). The van der Waals surface area contributed by atoms with Crippen LogP contribution in [-0.4, -0.2) is 23.4 Å². The van der Waals surface area contributed by atoms with Crippen molar-refractivity contribution >= 4 is 34.7 Å². The monoisotopic (exact) mass is 519 g/mol. The summed E-state index contributed by atoms with van der Waals surface area (Å²) in [5.74, 6) is -3.70. The Labute approximate surface area is 208 Å². The number of ether oxygens (including phenoxy) is 1. The van der Waals surface area contributed by atoms with Crippen molar-refractivity contribution in [2.75, 3.05) is 11.5 Å². The minimum atomic E-state index is -4.73. The van der Waals surface area contributed by atoms with Gasteiger partial charge in [-0.05, 0) is 49.4 Å². The number of benzene rings is 3. The molecule has 1 aliphatic heterocycles. The molecule has 0 spiro atoms. The summed E-state index contributed by atoms with van der Waals surface area (Å²) in [4.78, 5) is 27.0. The van der Waals surface area contributed by atoms with Crippen LogP contribution >= 0.6 is 11.6 Å². The van der Waals surface area contributed by atoms with Gasteiger partial charge in [0.05, 0.1) is 28.8 Å². The molecule has 1 amide bonds. The minimum absolute atomic E-state index is 0.00787. The molecule has 1 fully saturated rings. The smallest absolute Gasteiger partial charge is 0.416 e. The number of Topliss-reactive ketones (excluding diaryl/α,β-unsaturated/α-hetero) is 1. The zero-order valence-corrected chi connectivity index (χ0v) is 19.4. The number of rotatable bonds is 5. The Kier molecular flexibility index (Phi) is 6.77. The molecule has 3 aromatic carbocycles. The number of anilines is 1. The average Bonchev–Trinajstić information content (AvgIpc) is 3.10. The van der Waals surface area contributed by atoms with Crippen LogP contribution in [-0.2, 0) is 15.8 Å². The van der Waals surface area contributed by atoms with Crippen LogP contribution in [0.1, 0.15) is 29.7 Å². The number of carbonyl (C=O) groups is 2. The van der Waals surface area contributed by atoms with Gasteiger partial charge in [0.2, 0.25) is 0 Å². The molecule has 36 heavy (non-hydrogen) atoms. The predicted molar refractivity (Wildman–Crippen MR) is 125 cm³/mol. The van der Waals surface area contributed by atoms with E-state index < -0.39 is 46.6 Å². The molecule has 0 aliphatic carbocycles. The van der Waals surface area contributed by atoms with Crippen molar-refractivity contribution in [1.82, 2.24) is 0 Å². The first-order chi connectivity index (χ1) is 17.0. The van der Waals surface area contributed by atoms with E-state index in [0.29, 0.717) is 11.8 Å². The lowest BCUT2D eigenvalue weighted by Gasteiger charge is -2.26. The molecule has 0 saturated carbocycles. The van der Waals surface area contributed by atoms with Gasteiger partial charge in [0.15, 0.2) is 0 Å². The normalized spacial score (nSPS) is 17.5. The maximum atomic E-state index is 15.0. The Balaban J connectivity index is 1.98. The van der Waals surface area contributed by atoms with E-state index in [9.17, 15) is 32.3 Å². The lowest BCUT2D eigenvalue weighted by molar-refractivity contribution is -0.137. The fourth-order valence-electron chi connectivity index (χ4n) is 4.01. The van der Waals surface area contributed by atoms with Crippen LogP contribution in [0.5, 0.6) is 5.75 Å². The fraction of sp³-hybridized carbons (Fsp3) is 0.154. The molecule has 1 saturated heterocycles. The molecular weight excluding hydrogens is 502 g/mol. The van der Waals surface area contributed by atoms with Crippen LogP contribution in [0.3, 0.4) is 0 Å². The topological polar surface area (TPSA) is 66.8 Å². The highest BCUT2D eigenvalue weighted by Gasteiger charge is 2.48. The van der Waals surface area contributed by atoms with Gasteiger partial charge in [0, 0.05) is 16.8 Å². The van der Waals surface area contributed by atoms with E-state index in [4.69, 9.17) is 16.3 Å². The van der Waals surface area contributed by atoms with Gasteiger partial charge >= 0.3 is 6.18 Å². The summed E-state index contributed by atoms with van der Waals surface area (Å²) in [5, 5.41) is 11.2. The van der Waals surface area contributed by atoms with Crippen molar-refractivity contribution in [2.45, 2.75) is 19.1 Å². The van der Waals surface area contributed by atoms with Gasteiger partial charge in [0.25, 0.3) is 11.7 Å². The van der Waals surface area contributed by atoms with Crippen molar-refractivity contribution in [3.8, 4) is 5.75 Å². The zero-order chi connectivity index (χ0) is 26.2. The highest BCUT2D eigenvalue weighted by atomic mass is 35.5. The Hall–Kier alpha value is -3.85. The van der Waals surface area contributed by atoms with Gasteiger partial charge in [-0.15, -0.1) is 0 Å². The van der Waals surface area contributed by atoms with E-state index in [2.05, 4.69) is 0 Å². The van der Waals surface area contributed by atoms with Gasteiger partial charge in [0.1, 0.15) is 17.3 Å². The Morgan fingerprint density at radius 3 is 2.44 bits per heavy atom. The van der Waals surface area contributed by atoms with Crippen LogP contribution in [0.25, 0.3) is 5.76 Å². The van der Waals surface area contributed by atoms with Gasteiger partial charge in [-0.3, -0.25) is 14.5 Å². The number of hydrogen-bond donors (Lipinski definition) is 1. The number of amides is 1. The minimum Gasteiger partial charge on any atom is -0.507 e. The van der Waals surface area contributed by atoms with E-state index >= 15 is 0 Å². The van der Waals surface area contributed by atoms with Gasteiger partial charge in [-0.25, -0.2) is 4.39 Å². The van der Waals surface area contributed by atoms with Crippen LogP contribution in [0, 0.1) is 5.82 Å². The summed E-state index contributed by atoms with van der Waals surface area (Å²) < 4.78 is 60.5. The van der Waals surface area contributed by atoms with Crippen molar-refractivity contribution in [3.05, 3.63) is 99.8 Å². The standard InChI is InChI=1S/C26H18ClF4NO4/c1-2-36-16-10-11-19(27)18(13-16)23(33)21-22(17-8-3-4-9-20(17)28)32(25(35)24(21)34)15-7-5-6-14(12-15)26(29,30)31/h3-13,22,33H,2H2,1H3/b23-21+. The van der Waals surface area contributed by atoms with Crippen molar-refractivity contribution in [1.29, 1.82) is 0 Å². The first-order valence-corrected chi connectivity index (χ1v) is 11.1. The number of nitrogens with zero attached hydrogens (tertiary/aromatic N) is 1. The highest BCUT2D eigenvalue weighted by Crippen LogP contribution is 2.45. The van der Waals surface area contributed by atoms with Gasteiger partial charge in [-0.1, -0.05) is 35.9 Å². The van der Waals surface area contributed by atoms with E-state index in [1.807, 2.05) is 0 Å². The number of ketones is 1. The molecule has 1 N–H and O–H groups in total. The lowest BCUT2D eigenvalue weighted by Crippen LogP contribution is -2.30. The molecule has 186 valence electrons. The first-order valence-electron chi connectivity index (χ1n) is 10.7. The van der Waals surface area contributed by atoms with Crippen molar-refractivity contribution in [3.63, 3.8) is 0 Å². The third-order valence-electron chi connectivity index (χ3n) is 5.60. The van der Waals surface area contributed by atoms with E-state index in [0.717, 1.165) is 23.1 Å². The molecule has 0 aromatic heterocycles. The molecule has 1 unspecified atom stereocenters. The number of alkyl halides is 3. The van der Waals surface area contributed by atoms with E-state index in [1.54, 1.807) is 6.92 Å². The number of carbonyl (C=O) groups excluding carboxylic acids is 2. The van der Waals surface area contributed by atoms with Crippen LogP contribution in [0.15, 0.2) is 72.3 Å². The van der Waals surface area contributed by atoms with Crippen LogP contribution < -0.4 is 9.64 Å². The summed E-state index contributed by atoms with van der Waals surface area (Å²) in [6.07, 6.45) is -4.73. The third kappa shape index (κ3) is 4.54. The number of aliphatic hydroxyl groups is 1. The number of aliphatic hydroxyl groups excluding tert-OH is 1. The lowest BCUT2D eigenvalue weighted by atomic mass is 9.94. The average molecular weight is 520 g/mol. The molecule has 10 heteroatoms. The molecule has 5 nitrogen and oxygen atoms in total. The fourth-order valence-corrected chi connectivity index (χ4v) is 4.22. The molecule has 0 bridgehead atoms. The molecule has 1 aliphatic rings. The SMILES string of the molecule is CCOc1ccc(Cl)c(/C(O)=C2\C(=O)C(=O)N(c3cccc(C(F)(F)F)c3)C2c2ccccc2F)c1. The zero-order valence-electron chi connectivity index (χ0n) is 18.6. The van der Waals surface area contributed by atoms with E-state index in [-0.39, 0.29) is 28.4 Å². The van der Waals surface area contributed by atoms with E-state index in [1.165, 1.54) is 42.5 Å². The second-order valence-electron chi connectivity index (χ2n) is 7.81. The van der Waals surface area contributed by atoms with Crippen molar-refractivity contribution in [2.24, 2.45) is 0 Å². The Morgan fingerprint density at radius 2 is 1.78 bits per heavy atom. The molecular formula is C26H18ClF4NO4. The van der Waals surface area contributed by atoms with Crippen LogP contribution in [0.2, 0.25) is 5.02 Å². The molecule has 1 atom stereocenters. The van der Waals surface area contributed by atoms with Crippen molar-refractivity contribution < 1.29 is 37.0 Å². The maximum Gasteiger partial charge on any atom is 0.416 e. The third-order valence-corrected chi connectivity index (χ3v) is 5.93. The molecule has 0 radical (unpaired) electrons. The summed E-state index contributed by atoms with van der Waals surface area (Å²) in [5.41, 5.74) is -2.16. The Morgan fingerprint density at radius 1 is 1.06 bits per heavy atom. The maximum absolute atomic E-state index is 15.0. The van der Waals surface area contributed by atoms with Gasteiger partial charge in [-0.2, -0.15) is 13.2 Å². The quantitative estimate of drug-likeness (QED) is 0.180. The molecule has 1 heterocycles. The first kappa shape index (κ1) is 25.2. The second-order valence-corrected chi connectivity index (χ2v) is 8.22. The second kappa shape index (κ2) is 9.66. The predicted octanol–water partition coefficient (Wildman–Crippen LogP) is 6.52. The number of halogens is 5. The van der Waals surface area contributed by atoms with Gasteiger partial charge < -0.3 is 9.84 Å².